The monoisotopic (exact) mass is 476 g/mol. The van der Waals surface area contributed by atoms with E-state index in [1.165, 1.54) is 55.6 Å². The maximum absolute atomic E-state index is 10.9. The highest BCUT2D eigenvalue weighted by Crippen LogP contribution is 2.62. The summed E-state index contributed by atoms with van der Waals surface area (Å²) < 4.78 is 17.2. The number of methoxy groups -OCH3 is 1. The second-order valence-electron chi connectivity index (χ2n) is 10.9. The first-order chi connectivity index (χ1) is 16.8. The molecule has 35 heavy (non-hydrogen) atoms. The molecular weight excluding hydrogens is 440 g/mol. The Morgan fingerprint density at radius 2 is 1.77 bits per heavy atom. The molecule has 4 bridgehead atoms. The lowest BCUT2D eigenvalue weighted by molar-refractivity contribution is -0.150. The zero-order valence-corrected chi connectivity index (χ0v) is 21.0. The Hall–Kier alpha value is -2.63. The number of hydrogen-bond donors (Lipinski definition) is 1. The van der Waals surface area contributed by atoms with Gasteiger partial charge in [-0.05, 0) is 116 Å². The van der Waals surface area contributed by atoms with Gasteiger partial charge < -0.3 is 19.3 Å². The van der Waals surface area contributed by atoms with Gasteiger partial charge in [0.05, 0.1) is 0 Å². The maximum Gasteiger partial charge on any atom is 0.328 e. The van der Waals surface area contributed by atoms with E-state index in [0.717, 1.165) is 34.5 Å². The molecular formula is C30H36O5. The average Bonchev–Trinajstić information content (AvgIpc) is 2.80. The highest BCUT2D eigenvalue weighted by Gasteiger charge is 2.52. The number of hydrogen-bond acceptors (Lipinski definition) is 4. The second kappa shape index (κ2) is 9.79. The number of rotatable bonds is 9. The van der Waals surface area contributed by atoms with Crippen LogP contribution in [0.4, 0.5) is 0 Å². The van der Waals surface area contributed by atoms with Crippen LogP contribution >= 0.6 is 0 Å². The maximum atomic E-state index is 10.9. The number of carboxylic acids is 1. The molecule has 0 spiro atoms. The topological polar surface area (TPSA) is 65.0 Å². The van der Waals surface area contributed by atoms with Crippen LogP contribution in [0.3, 0.4) is 0 Å². The third-order valence-electron chi connectivity index (χ3n) is 8.31. The minimum absolute atomic E-state index is 0.163. The molecule has 4 fully saturated rings. The molecule has 186 valence electrons. The Kier molecular flexibility index (Phi) is 6.73. The third kappa shape index (κ3) is 5.17. The van der Waals surface area contributed by atoms with Gasteiger partial charge in [0, 0.05) is 18.7 Å². The van der Waals surface area contributed by atoms with E-state index in [1.807, 2.05) is 19.1 Å². The molecule has 1 unspecified atom stereocenters. The van der Waals surface area contributed by atoms with Crippen LogP contribution in [-0.2, 0) is 19.7 Å². The van der Waals surface area contributed by atoms with Gasteiger partial charge in [-0.15, -0.1) is 0 Å². The summed E-state index contributed by atoms with van der Waals surface area (Å²) in [6.07, 6.45) is 12.7. The van der Waals surface area contributed by atoms with Gasteiger partial charge in [0.15, 0.2) is 13.1 Å². The Morgan fingerprint density at radius 1 is 1.09 bits per heavy atom. The molecule has 5 nitrogen and oxygen atoms in total. The van der Waals surface area contributed by atoms with Crippen molar-refractivity contribution in [3.63, 3.8) is 0 Å². The summed E-state index contributed by atoms with van der Waals surface area (Å²) in [5.74, 6) is 2.53. The van der Waals surface area contributed by atoms with E-state index in [0.29, 0.717) is 5.57 Å². The standard InChI is InChI=1S/C30H36O5/c1-19(8-29(31)32)4-5-21-6-7-25-14-28(35-18-34-20(2)33-3)27(13-26(25)12-21)30-15-22-9-23(16-30)11-24(10-22)17-30/h4-8,12-14,20,22-24H,9-11,15-18H2,1-3H3,(H,31,32). The van der Waals surface area contributed by atoms with Crippen molar-refractivity contribution >= 4 is 22.8 Å². The van der Waals surface area contributed by atoms with Gasteiger partial charge in [0.2, 0.25) is 0 Å². The highest BCUT2D eigenvalue weighted by atomic mass is 16.7. The van der Waals surface area contributed by atoms with Gasteiger partial charge in [-0.3, -0.25) is 0 Å². The Labute approximate surface area is 207 Å². The molecule has 0 aromatic heterocycles. The molecule has 1 atom stereocenters. The van der Waals surface area contributed by atoms with Crippen LogP contribution in [0.1, 0.15) is 63.5 Å². The zero-order chi connectivity index (χ0) is 24.6. The predicted octanol–water partition coefficient (Wildman–Crippen LogP) is 6.70. The first-order valence-electron chi connectivity index (χ1n) is 12.8. The van der Waals surface area contributed by atoms with E-state index in [4.69, 9.17) is 19.3 Å². The Bertz CT molecular complexity index is 1130. The van der Waals surface area contributed by atoms with Crippen LogP contribution in [0.25, 0.3) is 16.8 Å². The quantitative estimate of drug-likeness (QED) is 0.248. The second-order valence-corrected chi connectivity index (χ2v) is 10.9. The van der Waals surface area contributed by atoms with Crippen molar-refractivity contribution in [2.45, 2.75) is 64.1 Å². The molecule has 0 amide bonds. The molecule has 4 aliphatic carbocycles. The molecule has 5 heteroatoms. The van der Waals surface area contributed by atoms with E-state index >= 15 is 0 Å². The van der Waals surface area contributed by atoms with E-state index in [2.05, 4.69) is 30.3 Å². The van der Waals surface area contributed by atoms with Gasteiger partial charge in [-0.1, -0.05) is 24.3 Å². The number of carbonyl (C=O) groups is 1. The van der Waals surface area contributed by atoms with Crippen molar-refractivity contribution in [3.8, 4) is 5.75 Å². The minimum atomic E-state index is -0.928. The fraction of sp³-hybridized carbons (Fsp3) is 0.500. The van der Waals surface area contributed by atoms with E-state index in [1.54, 1.807) is 14.0 Å². The molecule has 0 radical (unpaired) electrons. The summed E-state index contributed by atoms with van der Waals surface area (Å²) in [4.78, 5) is 10.9. The molecule has 0 saturated heterocycles. The number of fused-ring (bicyclic) bond motifs is 1. The fourth-order valence-electron chi connectivity index (χ4n) is 7.11. The van der Waals surface area contributed by atoms with Crippen LogP contribution in [0, 0.1) is 17.8 Å². The summed E-state index contributed by atoms with van der Waals surface area (Å²) in [6, 6.07) is 10.9. The van der Waals surface area contributed by atoms with E-state index in [9.17, 15) is 4.79 Å². The number of carboxylic acid groups (broad SMARTS) is 1. The SMILES string of the molecule is COC(C)OCOc1cc2ccc(C=CC(C)=CC(=O)O)cc2cc1C12CC3CC(CC(C3)C1)C2. The van der Waals surface area contributed by atoms with Crippen LogP contribution in [-0.4, -0.2) is 31.3 Å². The number of allylic oxidation sites excluding steroid dienone is 2. The Balaban J connectivity index is 1.51. The summed E-state index contributed by atoms with van der Waals surface area (Å²) in [5.41, 5.74) is 3.29. The summed E-state index contributed by atoms with van der Waals surface area (Å²) in [6.45, 7) is 3.83. The van der Waals surface area contributed by atoms with Crippen LogP contribution in [0.5, 0.6) is 5.75 Å². The molecule has 4 saturated carbocycles. The number of ether oxygens (including phenoxy) is 3. The number of benzene rings is 2. The molecule has 2 aromatic carbocycles. The molecule has 1 N–H and O–H groups in total. The number of aliphatic carboxylic acids is 1. The molecule has 4 aliphatic rings. The van der Waals surface area contributed by atoms with Gasteiger partial charge in [0.25, 0.3) is 0 Å². The van der Waals surface area contributed by atoms with Gasteiger partial charge >= 0.3 is 5.97 Å². The smallest absolute Gasteiger partial charge is 0.328 e. The largest absolute Gasteiger partial charge is 0.478 e. The highest BCUT2D eigenvalue weighted by molar-refractivity contribution is 5.88. The molecule has 2 aromatic rings. The molecule has 0 heterocycles. The average molecular weight is 477 g/mol. The molecule has 0 aliphatic heterocycles. The summed E-state index contributed by atoms with van der Waals surface area (Å²) in [7, 11) is 1.63. The van der Waals surface area contributed by atoms with Crippen LogP contribution < -0.4 is 4.74 Å². The van der Waals surface area contributed by atoms with Crippen molar-refractivity contribution in [2.75, 3.05) is 13.9 Å². The Morgan fingerprint density at radius 3 is 2.40 bits per heavy atom. The molecule has 6 rings (SSSR count). The normalized spacial score (nSPS) is 28.7. The minimum Gasteiger partial charge on any atom is -0.478 e. The van der Waals surface area contributed by atoms with Crippen molar-refractivity contribution in [1.29, 1.82) is 0 Å². The fourth-order valence-corrected chi connectivity index (χ4v) is 7.11. The van der Waals surface area contributed by atoms with E-state index in [-0.39, 0.29) is 18.5 Å². The predicted molar refractivity (Wildman–Crippen MR) is 137 cm³/mol. The summed E-state index contributed by atoms with van der Waals surface area (Å²) in [5, 5.41) is 11.3. The lowest BCUT2D eigenvalue weighted by Crippen LogP contribution is -2.48. The van der Waals surface area contributed by atoms with Crippen molar-refractivity contribution < 1.29 is 24.1 Å². The lowest BCUT2D eigenvalue weighted by Gasteiger charge is -2.57. The summed E-state index contributed by atoms with van der Waals surface area (Å²) >= 11 is 0. The van der Waals surface area contributed by atoms with Crippen molar-refractivity contribution in [3.05, 3.63) is 59.2 Å². The third-order valence-corrected chi connectivity index (χ3v) is 8.31. The van der Waals surface area contributed by atoms with Gasteiger partial charge in [0.1, 0.15) is 5.75 Å². The zero-order valence-electron chi connectivity index (χ0n) is 21.0. The van der Waals surface area contributed by atoms with Crippen molar-refractivity contribution in [2.24, 2.45) is 17.8 Å². The van der Waals surface area contributed by atoms with Crippen LogP contribution in [0.2, 0.25) is 0 Å². The van der Waals surface area contributed by atoms with Crippen LogP contribution in [0.15, 0.2) is 48.1 Å². The van der Waals surface area contributed by atoms with Crippen molar-refractivity contribution in [1.82, 2.24) is 0 Å². The van der Waals surface area contributed by atoms with Gasteiger partial charge in [-0.2, -0.15) is 0 Å². The first-order valence-corrected chi connectivity index (χ1v) is 12.8. The van der Waals surface area contributed by atoms with Gasteiger partial charge in [-0.25, -0.2) is 4.79 Å². The first kappa shape index (κ1) is 24.1. The lowest BCUT2D eigenvalue weighted by atomic mass is 9.48. The van der Waals surface area contributed by atoms with E-state index < -0.39 is 5.97 Å².